The molecule has 0 aliphatic carbocycles. The zero-order valence-corrected chi connectivity index (χ0v) is 31.4. The lowest BCUT2D eigenvalue weighted by Gasteiger charge is -2.31. The lowest BCUT2D eigenvalue weighted by molar-refractivity contribution is 0.103. The van der Waals surface area contributed by atoms with Gasteiger partial charge in [-0.3, -0.25) is 9.59 Å². The number of carbonyl (C=O) groups is 2. The summed E-state index contributed by atoms with van der Waals surface area (Å²) in [6.45, 7) is 23.9. The van der Waals surface area contributed by atoms with E-state index in [0.717, 1.165) is 16.9 Å². The highest BCUT2D eigenvalue weighted by Gasteiger charge is 2.28. The highest BCUT2D eigenvalue weighted by atomic mass is 16.5. The predicted octanol–water partition coefficient (Wildman–Crippen LogP) is 11.6. The van der Waals surface area contributed by atoms with Crippen molar-refractivity contribution in [3.05, 3.63) is 158 Å². The van der Waals surface area contributed by atoms with Crippen molar-refractivity contribution >= 4 is 11.6 Å². The summed E-state index contributed by atoms with van der Waals surface area (Å²) in [5, 5.41) is 0. The van der Waals surface area contributed by atoms with E-state index in [9.17, 15) is 9.59 Å². The first-order valence-corrected chi connectivity index (χ1v) is 17.4. The van der Waals surface area contributed by atoms with Gasteiger partial charge in [-0.15, -0.1) is 0 Å². The van der Waals surface area contributed by atoms with Crippen molar-refractivity contribution < 1.29 is 19.1 Å². The molecule has 4 heteroatoms. The molecule has 0 amide bonds. The van der Waals surface area contributed by atoms with Crippen LogP contribution >= 0.6 is 0 Å². The third kappa shape index (κ3) is 7.75. The quantitative estimate of drug-likeness (QED) is 0.139. The van der Waals surface area contributed by atoms with Crippen LogP contribution in [0.3, 0.4) is 0 Å². The SMILES string of the molecule is Cc1cc(C(C)(C)c2cc(C)c(C(C)(C)C)c(C)c2)cc(C)c1Oc1ccc(C(=O)c2cccc(C(=O)c3ccc(OC(C)C)cc3)c2)cc1. The minimum absolute atomic E-state index is 0.0501. The Kier molecular flexibility index (Phi) is 10.3. The molecular weight excluding hydrogens is 617 g/mol. The highest BCUT2D eigenvalue weighted by molar-refractivity contribution is 6.13. The predicted molar refractivity (Wildman–Crippen MR) is 205 cm³/mol. The van der Waals surface area contributed by atoms with Crippen LogP contribution in [0.15, 0.2) is 97.1 Å². The van der Waals surface area contributed by atoms with Crippen LogP contribution in [-0.2, 0) is 10.8 Å². The minimum atomic E-state index is -0.197. The summed E-state index contributed by atoms with van der Waals surface area (Å²) in [7, 11) is 0. The third-order valence-corrected chi connectivity index (χ3v) is 9.40. The summed E-state index contributed by atoms with van der Waals surface area (Å²) in [5.41, 5.74) is 10.6. The maximum absolute atomic E-state index is 13.5. The average Bonchev–Trinajstić information content (AvgIpc) is 3.05. The number of ether oxygens (including phenoxy) is 2. The van der Waals surface area contributed by atoms with Crippen LogP contribution in [0.25, 0.3) is 0 Å². The van der Waals surface area contributed by atoms with E-state index in [1.807, 2.05) is 26.0 Å². The standard InChI is InChI=1S/C46H50O4/c1-28(2)49-39-19-15-33(16-20-39)42(47)35-13-12-14-36(27-35)43(48)34-17-21-40(22-18-34)50-44-31(5)25-38(26-32(44)6)46(10,11)37-23-29(3)41(30(4)24-37)45(7,8)9/h12-28H,1-11H3. The molecule has 0 bridgehead atoms. The molecule has 258 valence electrons. The Morgan fingerprint density at radius 2 is 0.960 bits per heavy atom. The van der Waals surface area contributed by atoms with E-state index in [4.69, 9.17) is 9.47 Å². The summed E-state index contributed by atoms with van der Waals surface area (Å²) in [6.07, 6.45) is 0.0501. The van der Waals surface area contributed by atoms with Gasteiger partial charge in [0.05, 0.1) is 6.10 Å². The molecule has 0 unspecified atom stereocenters. The first kappa shape index (κ1) is 36.3. The second-order valence-corrected chi connectivity index (χ2v) is 15.4. The molecular formula is C46H50O4. The minimum Gasteiger partial charge on any atom is -0.491 e. The van der Waals surface area contributed by atoms with Crippen molar-refractivity contribution in [1.29, 1.82) is 0 Å². The lowest BCUT2D eigenvalue weighted by atomic mass is 9.73. The average molecular weight is 667 g/mol. The second-order valence-electron chi connectivity index (χ2n) is 15.4. The van der Waals surface area contributed by atoms with Crippen molar-refractivity contribution in [2.24, 2.45) is 0 Å². The van der Waals surface area contributed by atoms with Crippen LogP contribution in [0.4, 0.5) is 0 Å². The lowest BCUT2D eigenvalue weighted by Crippen LogP contribution is -2.22. The Bertz CT molecular complexity index is 1990. The van der Waals surface area contributed by atoms with Crippen molar-refractivity contribution in [1.82, 2.24) is 0 Å². The summed E-state index contributed by atoms with van der Waals surface area (Å²) >= 11 is 0. The summed E-state index contributed by atoms with van der Waals surface area (Å²) < 4.78 is 12.1. The van der Waals surface area contributed by atoms with E-state index in [1.165, 1.54) is 27.8 Å². The van der Waals surface area contributed by atoms with Crippen LogP contribution < -0.4 is 9.47 Å². The fraction of sp³-hybridized carbons (Fsp3) is 0.304. The first-order chi connectivity index (χ1) is 23.4. The molecule has 0 saturated heterocycles. The summed E-state index contributed by atoms with van der Waals surface area (Å²) in [6, 6.07) is 30.3. The molecule has 0 heterocycles. The summed E-state index contributed by atoms with van der Waals surface area (Å²) in [4.78, 5) is 26.7. The monoisotopic (exact) mass is 666 g/mol. The van der Waals surface area contributed by atoms with Crippen LogP contribution in [0.2, 0.25) is 0 Å². The van der Waals surface area contributed by atoms with Gasteiger partial charge in [0.25, 0.3) is 0 Å². The van der Waals surface area contributed by atoms with Gasteiger partial charge < -0.3 is 9.47 Å². The molecule has 0 N–H and O–H groups in total. The molecule has 0 aromatic heterocycles. The van der Waals surface area contributed by atoms with Crippen LogP contribution in [0.5, 0.6) is 17.2 Å². The fourth-order valence-electron chi connectivity index (χ4n) is 7.03. The molecule has 0 aliphatic rings. The van der Waals surface area contributed by atoms with E-state index in [0.29, 0.717) is 33.8 Å². The van der Waals surface area contributed by atoms with Gasteiger partial charge in [-0.25, -0.2) is 0 Å². The molecule has 0 aliphatic heterocycles. The molecule has 0 spiro atoms. The van der Waals surface area contributed by atoms with Gasteiger partial charge in [-0.1, -0.05) is 77.1 Å². The Labute approximate surface area is 298 Å². The second kappa shape index (κ2) is 14.1. The maximum atomic E-state index is 13.5. The number of aryl methyl sites for hydroxylation is 4. The van der Waals surface area contributed by atoms with Gasteiger partial charge >= 0.3 is 0 Å². The van der Waals surface area contributed by atoms with Gasteiger partial charge in [0.2, 0.25) is 0 Å². The normalized spacial score (nSPS) is 11.8. The van der Waals surface area contributed by atoms with E-state index in [1.54, 1.807) is 60.7 Å². The number of ketones is 2. The largest absolute Gasteiger partial charge is 0.491 e. The highest BCUT2D eigenvalue weighted by Crippen LogP contribution is 2.40. The van der Waals surface area contributed by atoms with E-state index in [2.05, 4.69) is 86.6 Å². The summed E-state index contributed by atoms with van der Waals surface area (Å²) in [5.74, 6) is 1.86. The number of carbonyl (C=O) groups excluding carboxylic acids is 2. The van der Waals surface area contributed by atoms with Gasteiger partial charge in [0.15, 0.2) is 11.6 Å². The Balaban J connectivity index is 1.32. The third-order valence-electron chi connectivity index (χ3n) is 9.40. The van der Waals surface area contributed by atoms with Gasteiger partial charge in [-0.05, 0) is 140 Å². The first-order valence-electron chi connectivity index (χ1n) is 17.4. The van der Waals surface area contributed by atoms with Gasteiger partial charge in [-0.2, -0.15) is 0 Å². The Hall–Kier alpha value is -4.96. The fourth-order valence-corrected chi connectivity index (χ4v) is 7.03. The topological polar surface area (TPSA) is 52.6 Å². The molecule has 0 saturated carbocycles. The molecule has 0 fully saturated rings. The zero-order chi connectivity index (χ0) is 36.5. The van der Waals surface area contributed by atoms with Crippen molar-refractivity contribution in [2.45, 2.75) is 93.1 Å². The van der Waals surface area contributed by atoms with Crippen molar-refractivity contribution in [2.75, 3.05) is 0 Å². The number of rotatable bonds is 10. The molecule has 0 radical (unpaired) electrons. The Morgan fingerprint density at radius 3 is 1.38 bits per heavy atom. The van der Waals surface area contributed by atoms with E-state index in [-0.39, 0.29) is 28.5 Å². The van der Waals surface area contributed by atoms with E-state index >= 15 is 0 Å². The number of hydrogen-bond acceptors (Lipinski definition) is 4. The Morgan fingerprint density at radius 1 is 0.540 bits per heavy atom. The van der Waals surface area contributed by atoms with Crippen LogP contribution in [-0.4, -0.2) is 17.7 Å². The number of benzene rings is 5. The van der Waals surface area contributed by atoms with Crippen LogP contribution in [0.1, 0.15) is 119 Å². The van der Waals surface area contributed by atoms with Crippen molar-refractivity contribution in [3.8, 4) is 17.2 Å². The van der Waals surface area contributed by atoms with E-state index < -0.39 is 0 Å². The molecule has 5 aromatic carbocycles. The van der Waals surface area contributed by atoms with Gasteiger partial charge in [0.1, 0.15) is 17.2 Å². The molecule has 5 aromatic rings. The molecule has 4 nitrogen and oxygen atoms in total. The van der Waals surface area contributed by atoms with Crippen molar-refractivity contribution in [3.63, 3.8) is 0 Å². The molecule has 0 atom stereocenters. The van der Waals surface area contributed by atoms with Crippen LogP contribution in [0, 0.1) is 27.7 Å². The number of hydrogen-bond donors (Lipinski definition) is 0. The molecule has 5 rings (SSSR count). The maximum Gasteiger partial charge on any atom is 0.193 e. The zero-order valence-electron chi connectivity index (χ0n) is 31.4. The molecule has 50 heavy (non-hydrogen) atoms. The smallest absolute Gasteiger partial charge is 0.193 e. The van der Waals surface area contributed by atoms with Gasteiger partial charge in [0, 0.05) is 27.7 Å².